The summed E-state index contributed by atoms with van der Waals surface area (Å²) in [5.74, 6) is -1.43. The standard InChI is InChI=1S/C21H19F6NO4S/c1-12(20(22,23)24)32-18-8-7-16(33(2,30)31)9-17(18)19(29)28-10-14(11-28)13-3-5-15(6-4-13)21(25,26)27/h3-9,12,14H,10-11H2,1-2H3/t12-/m0/s1. The highest BCUT2D eigenvalue weighted by molar-refractivity contribution is 7.90. The van der Waals surface area contributed by atoms with Crippen LogP contribution in [-0.4, -0.2) is 50.9 Å². The lowest BCUT2D eigenvalue weighted by Gasteiger charge is -2.40. The normalized spacial score (nSPS) is 16.3. The molecule has 1 aliphatic heterocycles. The Morgan fingerprint density at radius 2 is 1.61 bits per heavy atom. The van der Waals surface area contributed by atoms with Crippen molar-refractivity contribution in [3.63, 3.8) is 0 Å². The molecule has 1 atom stereocenters. The van der Waals surface area contributed by atoms with Crippen LogP contribution in [0.1, 0.15) is 34.3 Å². The third kappa shape index (κ3) is 5.60. The number of nitrogens with zero attached hydrogens (tertiary/aromatic N) is 1. The van der Waals surface area contributed by atoms with E-state index >= 15 is 0 Å². The first-order valence-electron chi connectivity index (χ1n) is 9.61. The van der Waals surface area contributed by atoms with Crippen molar-refractivity contribution in [1.29, 1.82) is 0 Å². The molecule has 0 aliphatic carbocycles. The quantitative estimate of drug-likeness (QED) is 0.566. The van der Waals surface area contributed by atoms with Gasteiger partial charge in [-0.25, -0.2) is 8.42 Å². The summed E-state index contributed by atoms with van der Waals surface area (Å²) in [6, 6.07) is 7.48. The number of rotatable bonds is 5. The Bertz CT molecular complexity index is 1140. The Morgan fingerprint density at radius 3 is 2.09 bits per heavy atom. The predicted molar refractivity (Wildman–Crippen MR) is 106 cm³/mol. The Kier molecular flexibility index (Phi) is 6.44. The van der Waals surface area contributed by atoms with E-state index in [4.69, 9.17) is 4.74 Å². The van der Waals surface area contributed by atoms with Crippen LogP contribution in [0.15, 0.2) is 47.4 Å². The Morgan fingerprint density at radius 1 is 1.03 bits per heavy atom. The van der Waals surface area contributed by atoms with Gasteiger partial charge in [-0.1, -0.05) is 12.1 Å². The average molecular weight is 495 g/mol. The van der Waals surface area contributed by atoms with E-state index in [1.165, 1.54) is 17.0 Å². The Labute approximate surface area is 185 Å². The third-order valence-corrected chi connectivity index (χ3v) is 6.36. The van der Waals surface area contributed by atoms with E-state index in [2.05, 4.69) is 0 Å². The lowest BCUT2D eigenvalue weighted by molar-refractivity contribution is -0.189. The highest BCUT2D eigenvalue weighted by Gasteiger charge is 2.40. The molecule has 180 valence electrons. The van der Waals surface area contributed by atoms with Crippen LogP contribution in [0, 0.1) is 0 Å². The van der Waals surface area contributed by atoms with Crippen molar-refractivity contribution < 1.29 is 44.3 Å². The number of sulfone groups is 1. The highest BCUT2D eigenvalue weighted by Crippen LogP contribution is 2.35. The van der Waals surface area contributed by atoms with Gasteiger partial charge in [-0.15, -0.1) is 0 Å². The number of carbonyl (C=O) groups excluding carboxylic acids is 1. The van der Waals surface area contributed by atoms with E-state index in [-0.39, 0.29) is 29.5 Å². The first-order chi connectivity index (χ1) is 15.1. The van der Waals surface area contributed by atoms with Crippen molar-refractivity contribution in [2.75, 3.05) is 19.3 Å². The van der Waals surface area contributed by atoms with Gasteiger partial charge in [-0.2, -0.15) is 26.3 Å². The molecule has 0 N–H and O–H groups in total. The number of hydrogen-bond acceptors (Lipinski definition) is 4. The molecule has 12 heteroatoms. The van der Waals surface area contributed by atoms with Crippen LogP contribution >= 0.6 is 0 Å². The fraction of sp³-hybridized carbons (Fsp3) is 0.381. The summed E-state index contributed by atoms with van der Waals surface area (Å²) in [5, 5.41) is 0. The molecule has 0 saturated carbocycles. The van der Waals surface area contributed by atoms with Crippen molar-refractivity contribution >= 4 is 15.7 Å². The molecule has 0 aromatic heterocycles. The Balaban J connectivity index is 1.81. The van der Waals surface area contributed by atoms with Gasteiger partial charge in [0, 0.05) is 25.3 Å². The topological polar surface area (TPSA) is 63.7 Å². The summed E-state index contributed by atoms with van der Waals surface area (Å²) in [6.07, 6.45) is -10.5. The number of hydrogen-bond donors (Lipinski definition) is 0. The second-order valence-electron chi connectivity index (χ2n) is 7.76. The van der Waals surface area contributed by atoms with Gasteiger partial charge in [-0.3, -0.25) is 4.79 Å². The summed E-state index contributed by atoms with van der Waals surface area (Å²) in [4.78, 5) is 13.9. The van der Waals surface area contributed by atoms with Crippen LogP contribution in [0.4, 0.5) is 26.3 Å². The van der Waals surface area contributed by atoms with Gasteiger partial charge in [0.2, 0.25) is 0 Å². The van der Waals surface area contributed by atoms with Crippen molar-refractivity contribution in [3.8, 4) is 5.75 Å². The van der Waals surface area contributed by atoms with Gasteiger partial charge >= 0.3 is 12.4 Å². The molecule has 5 nitrogen and oxygen atoms in total. The number of benzene rings is 2. The number of likely N-dealkylation sites (tertiary alicyclic amines) is 1. The van der Waals surface area contributed by atoms with Crippen LogP contribution in [0.25, 0.3) is 0 Å². The summed E-state index contributed by atoms with van der Waals surface area (Å²) < 4.78 is 106. The van der Waals surface area contributed by atoms with Gasteiger partial charge < -0.3 is 9.64 Å². The molecule has 2 aromatic rings. The van der Waals surface area contributed by atoms with Gasteiger partial charge in [0.05, 0.1) is 16.0 Å². The minimum Gasteiger partial charge on any atom is -0.480 e. The van der Waals surface area contributed by atoms with Gasteiger partial charge in [0.25, 0.3) is 5.91 Å². The maximum Gasteiger partial charge on any atom is 0.425 e. The van der Waals surface area contributed by atoms with Gasteiger partial charge in [-0.05, 0) is 42.8 Å². The molecule has 0 bridgehead atoms. The van der Waals surface area contributed by atoms with Crippen molar-refractivity contribution in [1.82, 2.24) is 4.90 Å². The second kappa shape index (κ2) is 8.54. The molecule has 1 fully saturated rings. The number of alkyl halides is 6. The number of halogens is 6. The first-order valence-corrected chi connectivity index (χ1v) is 11.5. The van der Waals surface area contributed by atoms with Crippen molar-refractivity contribution in [2.24, 2.45) is 0 Å². The van der Waals surface area contributed by atoms with Crippen molar-refractivity contribution in [2.45, 2.75) is 36.2 Å². The van der Waals surface area contributed by atoms with Crippen LogP contribution in [0.2, 0.25) is 0 Å². The van der Waals surface area contributed by atoms with Gasteiger partial charge in [0.1, 0.15) is 5.75 Å². The summed E-state index contributed by atoms with van der Waals surface area (Å²) in [7, 11) is -3.76. The van der Waals surface area contributed by atoms with Crippen LogP contribution in [0.3, 0.4) is 0 Å². The molecule has 1 amide bonds. The van der Waals surface area contributed by atoms with Gasteiger partial charge in [0.15, 0.2) is 15.9 Å². The zero-order chi connectivity index (χ0) is 24.8. The van der Waals surface area contributed by atoms with E-state index in [1.54, 1.807) is 0 Å². The minimum absolute atomic E-state index is 0.0988. The molecule has 0 radical (unpaired) electrons. The van der Waals surface area contributed by atoms with E-state index in [1.807, 2.05) is 0 Å². The molecule has 0 spiro atoms. The fourth-order valence-electron chi connectivity index (χ4n) is 3.24. The first kappa shape index (κ1) is 24.9. The summed E-state index contributed by atoms with van der Waals surface area (Å²) in [6.45, 7) is 0.951. The van der Waals surface area contributed by atoms with Crippen LogP contribution < -0.4 is 4.74 Å². The molecule has 1 aliphatic rings. The maximum absolute atomic E-state index is 12.9. The summed E-state index contributed by atoms with van der Waals surface area (Å²) >= 11 is 0. The van der Waals surface area contributed by atoms with E-state index in [0.29, 0.717) is 5.56 Å². The smallest absolute Gasteiger partial charge is 0.425 e. The molecule has 2 aromatic carbocycles. The number of amides is 1. The molecule has 3 rings (SSSR count). The molecule has 1 heterocycles. The second-order valence-corrected chi connectivity index (χ2v) is 9.77. The molecule has 33 heavy (non-hydrogen) atoms. The van der Waals surface area contributed by atoms with Crippen LogP contribution in [0.5, 0.6) is 5.75 Å². The lowest BCUT2D eigenvalue weighted by Crippen LogP contribution is -2.48. The van der Waals surface area contributed by atoms with E-state index in [0.717, 1.165) is 43.5 Å². The lowest BCUT2D eigenvalue weighted by atomic mass is 9.90. The zero-order valence-corrected chi connectivity index (χ0v) is 18.2. The monoisotopic (exact) mass is 495 g/mol. The Hall–Kier alpha value is -2.76. The van der Waals surface area contributed by atoms with Crippen molar-refractivity contribution in [3.05, 3.63) is 59.2 Å². The number of ether oxygens (including phenoxy) is 1. The SMILES string of the molecule is C[C@H](Oc1ccc(S(C)(=O)=O)cc1C(=O)N1CC(c2ccc(C(F)(F)F)cc2)C1)C(F)(F)F. The largest absolute Gasteiger partial charge is 0.480 e. The fourth-order valence-corrected chi connectivity index (χ4v) is 3.88. The molecular formula is C21H19F6NO4S. The third-order valence-electron chi connectivity index (χ3n) is 5.25. The maximum atomic E-state index is 12.9. The van der Waals surface area contributed by atoms with E-state index in [9.17, 15) is 39.6 Å². The van der Waals surface area contributed by atoms with E-state index < -0.39 is 45.5 Å². The highest BCUT2D eigenvalue weighted by atomic mass is 32.2. The van der Waals surface area contributed by atoms with Crippen LogP contribution in [-0.2, 0) is 16.0 Å². The minimum atomic E-state index is -4.71. The molecule has 1 saturated heterocycles. The average Bonchev–Trinajstić information content (AvgIpc) is 2.65. The summed E-state index contributed by atoms with van der Waals surface area (Å²) in [5.41, 5.74) is -0.587. The number of carbonyl (C=O) groups is 1. The zero-order valence-electron chi connectivity index (χ0n) is 17.4. The molecular weight excluding hydrogens is 476 g/mol. The predicted octanol–water partition coefficient (Wildman–Crippen LogP) is 4.68. The molecule has 0 unspecified atom stereocenters.